The van der Waals surface area contributed by atoms with Gasteiger partial charge in [-0.2, -0.15) is 0 Å². The molecular weight excluding hydrogens is 172 g/mol. The van der Waals surface area contributed by atoms with Gasteiger partial charge in [0.05, 0.1) is 11.7 Å². The first-order valence-corrected chi connectivity index (χ1v) is 5.81. The van der Waals surface area contributed by atoms with Crippen LogP contribution in [0.3, 0.4) is 0 Å². The van der Waals surface area contributed by atoms with Gasteiger partial charge in [0.1, 0.15) is 0 Å². The van der Waals surface area contributed by atoms with Crippen LogP contribution in [0, 0.1) is 0 Å². The summed E-state index contributed by atoms with van der Waals surface area (Å²) in [6, 6.07) is 0. The van der Waals surface area contributed by atoms with Crippen molar-refractivity contribution in [3.63, 3.8) is 0 Å². The SMILES string of the molecule is C/C1=C/CCCCC(OC(C)(C)C)C1. The highest BCUT2D eigenvalue weighted by Crippen LogP contribution is 2.23. The summed E-state index contributed by atoms with van der Waals surface area (Å²) in [5.41, 5.74) is 1.50. The molecule has 1 heteroatoms. The zero-order valence-electron chi connectivity index (χ0n) is 10.1. The fourth-order valence-electron chi connectivity index (χ4n) is 2.01. The summed E-state index contributed by atoms with van der Waals surface area (Å²) in [7, 11) is 0. The summed E-state index contributed by atoms with van der Waals surface area (Å²) < 4.78 is 6.04. The number of rotatable bonds is 1. The molecule has 1 aliphatic rings. The molecule has 0 spiro atoms. The number of allylic oxidation sites excluding steroid dienone is 1. The first-order chi connectivity index (χ1) is 6.47. The molecule has 0 fully saturated rings. The monoisotopic (exact) mass is 196 g/mol. The van der Waals surface area contributed by atoms with Crippen molar-refractivity contribution in [1.82, 2.24) is 0 Å². The average molecular weight is 196 g/mol. The Morgan fingerprint density at radius 3 is 2.64 bits per heavy atom. The Kier molecular flexibility index (Phi) is 4.18. The minimum absolute atomic E-state index is 0.00411. The molecule has 0 aromatic carbocycles. The van der Waals surface area contributed by atoms with Crippen LogP contribution in [-0.4, -0.2) is 11.7 Å². The zero-order chi connectivity index (χ0) is 10.6. The van der Waals surface area contributed by atoms with Gasteiger partial charge in [-0.1, -0.05) is 18.1 Å². The molecule has 0 saturated carbocycles. The van der Waals surface area contributed by atoms with Gasteiger partial charge in [-0.15, -0.1) is 0 Å². The second-order valence-corrected chi connectivity index (χ2v) is 5.39. The molecular formula is C13H24O. The minimum atomic E-state index is 0.00411. The topological polar surface area (TPSA) is 9.23 Å². The second kappa shape index (κ2) is 4.97. The van der Waals surface area contributed by atoms with E-state index in [-0.39, 0.29) is 5.60 Å². The van der Waals surface area contributed by atoms with E-state index in [0.29, 0.717) is 6.10 Å². The molecule has 1 rings (SSSR count). The molecule has 0 bridgehead atoms. The van der Waals surface area contributed by atoms with Crippen molar-refractivity contribution in [1.29, 1.82) is 0 Å². The zero-order valence-corrected chi connectivity index (χ0v) is 10.1. The Balaban J connectivity index is 2.50. The number of ether oxygens (including phenoxy) is 1. The van der Waals surface area contributed by atoms with Crippen LogP contribution in [0.1, 0.15) is 59.8 Å². The van der Waals surface area contributed by atoms with Crippen LogP contribution >= 0.6 is 0 Å². The van der Waals surface area contributed by atoms with Gasteiger partial charge < -0.3 is 4.74 Å². The van der Waals surface area contributed by atoms with Crippen LogP contribution in [0.25, 0.3) is 0 Å². The fourth-order valence-corrected chi connectivity index (χ4v) is 2.01. The number of hydrogen-bond donors (Lipinski definition) is 0. The third kappa shape index (κ3) is 4.80. The highest BCUT2D eigenvalue weighted by atomic mass is 16.5. The van der Waals surface area contributed by atoms with Crippen molar-refractivity contribution in [3.05, 3.63) is 11.6 Å². The summed E-state index contributed by atoms with van der Waals surface area (Å²) in [6.07, 6.45) is 9.05. The van der Waals surface area contributed by atoms with E-state index in [2.05, 4.69) is 33.8 Å². The highest BCUT2D eigenvalue weighted by Gasteiger charge is 2.19. The van der Waals surface area contributed by atoms with Gasteiger partial charge in [-0.05, 0) is 53.4 Å². The van der Waals surface area contributed by atoms with Gasteiger partial charge in [-0.25, -0.2) is 0 Å². The maximum Gasteiger partial charge on any atom is 0.0619 e. The molecule has 0 N–H and O–H groups in total. The quantitative estimate of drug-likeness (QED) is 0.574. The molecule has 0 aromatic heterocycles. The summed E-state index contributed by atoms with van der Waals surface area (Å²) in [4.78, 5) is 0. The van der Waals surface area contributed by atoms with Crippen LogP contribution in [0.4, 0.5) is 0 Å². The van der Waals surface area contributed by atoms with Crippen molar-refractivity contribution in [2.24, 2.45) is 0 Å². The lowest BCUT2D eigenvalue weighted by Crippen LogP contribution is -2.28. The normalized spacial score (nSPS) is 28.9. The molecule has 0 heterocycles. The van der Waals surface area contributed by atoms with E-state index in [0.717, 1.165) is 6.42 Å². The predicted molar refractivity (Wildman–Crippen MR) is 61.5 cm³/mol. The van der Waals surface area contributed by atoms with Crippen molar-refractivity contribution in [3.8, 4) is 0 Å². The summed E-state index contributed by atoms with van der Waals surface area (Å²) in [6.45, 7) is 8.66. The van der Waals surface area contributed by atoms with Crippen LogP contribution in [0.5, 0.6) is 0 Å². The van der Waals surface area contributed by atoms with Crippen molar-refractivity contribution in [2.75, 3.05) is 0 Å². The van der Waals surface area contributed by atoms with Gasteiger partial charge in [0.25, 0.3) is 0 Å². The second-order valence-electron chi connectivity index (χ2n) is 5.39. The minimum Gasteiger partial charge on any atom is -0.372 e. The third-order valence-corrected chi connectivity index (χ3v) is 2.54. The molecule has 0 radical (unpaired) electrons. The molecule has 1 aliphatic carbocycles. The smallest absolute Gasteiger partial charge is 0.0619 e. The predicted octanol–water partition coefficient (Wildman–Crippen LogP) is 4.08. The lowest BCUT2D eigenvalue weighted by molar-refractivity contribution is -0.0634. The number of hydrogen-bond acceptors (Lipinski definition) is 1. The fraction of sp³-hybridized carbons (Fsp3) is 0.846. The van der Waals surface area contributed by atoms with E-state index in [1.54, 1.807) is 0 Å². The molecule has 0 amide bonds. The maximum absolute atomic E-state index is 6.04. The van der Waals surface area contributed by atoms with Gasteiger partial charge in [0.15, 0.2) is 0 Å². The van der Waals surface area contributed by atoms with Crippen molar-refractivity contribution in [2.45, 2.75) is 71.5 Å². The van der Waals surface area contributed by atoms with Crippen LogP contribution in [0.2, 0.25) is 0 Å². The molecule has 0 aliphatic heterocycles. The average Bonchev–Trinajstić information content (AvgIpc) is 1.96. The van der Waals surface area contributed by atoms with Gasteiger partial charge in [0, 0.05) is 0 Å². The maximum atomic E-state index is 6.04. The van der Waals surface area contributed by atoms with Gasteiger partial charge in [0.2, 0.25) is 0 Å². The molecule has 0 aromatic rings. The molecule has 1 atom stereocenters. The van der Waals surface area contributed by atoms with E-state index >= 15 is 0 Å². The van der Waals surface area contributed by atoms with Crippen LogP contribution < -0.4 is 0 Å². The summed E-state index contributed by atoms with van der Waals surface area (Å²) >= 11 is 0. The largest absolute Gasteiger partial charge is 0.372 e. The first kappa shape index (κ1) is 11.8. The van der Waals surface area contributed by atoms with E-state index in [4.69, 9.17) is 4.74 Å². The Hall–Kier alpha value is -0.300. The Morgan fingerprint density at radius 1 is 1.29 bits per heavy atom. The lowest BCUT2D eigenvalue weighted by Gasteiger charge is -2.28. The van der Waals surface area contributed by atoms with Crippen molar-refractivity contribution < 1.29 is 4.74 Å². The Bertz CT molecular complexity index is 198. The van der Waals surface area contributed by atoms with E-state index in [1.165, 1.54) is 31.3 Å². The van der Waals surface area contributed by atoms with Crippen LogP contribution in [-0.2, 0) is 4.74 Å². The highest BCUT2D eigenvalue weighted by molar-refractivity contribution is 5.01. The molecule has 0 saturated heterocycles. The Labute approximate surface area is 88.5 Å². The third-order valence-electron chi connectivity index (χ3n) is 2.54. The van der Waals surface area contributed by atoms with E-state index < -0.39 is 0 Å². The lowest BCUT2D eigenvalue weighted by atomic mass is 9.98. The molecule has 82 valence electrons. The molecule has 1 unspecified atom stereocenters. The molecule has 1 nitrogen and oxygen atoms in total. The standard InChI is InChI=1S/C13H24O/c1-11-8-6-5-7-9-12(10-11)14-13(2,3)4/h8,12H,5-7,9-10H2,1-4H3/b11-8-. The Morgan fingerprint density at radius 2 is 2.00 bits per heavy atom. The molecule has 14 heavy (non-hydrogen) atoms. The van der Waals surface area contributed by atoms with Crippen LogP contribution in [0.15, 0.2) is 11.6 Å². The summed E-state index contributed by atoms with van der Waals surface area (Å²) in [5.74, 6) is 0. The van der Waals surface area contributed by atoms with Gasteiger partial charge in [-0.3, -0.25) is 0 Å². The van der Waals surface area contributed by atoms with E-state index in [9.17, 15) is 0 Å². The first-order valence-electron chi connectivity index (χ1n) is 5.81. The summed E-state index contributed by atoms with van der Waals surface area (Å²) in [5, 5.41) is 0. The van der Waals surface area contributed by atoms with E-state index in [1.807, 2.05) is 0 Å². The van der Waals surface area contributed by atoms with Gasteiger partial charge >= 0.3 is 0 Å². The van der Waals surface area contributed by atoms with Crippen molar-refractivity contribution >= 4 is 0 Å².